The molecule has 4 nitrogen and oxygen atoms in total. The van der Waals surface area contributed by atoms with Crippen molar-refractivity contribution in [2.24, 2.45) is 0 Å². The van der Waals surface area contributed by atoms with Gasteiger partial charge in [0.2, 0.25) is 0 Å². The van der Waals surface area contributed by atoms with E-state index in [9.17, 15) is 8.78 Å². The third-order valence-electron chi connectivity index (χ3n) is 1.43. The van der Waals surface area contributed by atoms with Gasteiger partial charge in [-0.05, 0) is 0 Å². The summed E-state index contributed by atoms with van der Waals surface area (Å²) in [6.07, 6.45) is -4.06. The van der Waals surface area contributed by atoms with Crippen molar-refractivity contribution in [3.05, 3.63) is 0 Å². The van der Waals surface area contributed by atoms with E-state index in [0.29, 0.717) is 0 Å². The molecule has 0 aromatic heterocycles. The fraction of sp³-hybridized carbons (Fsp3) is 0.833. The van der Waals surface area contributed by atoms with E-state index in [-0.39, 0.29) is 6.61 Å². The van der Waals surface area contributed by atoms with Gasteiger partial charge >= 0.3 is 5.97 Å². The molecule has 1 rings (SSSR count). The fourth-order valence-electron chi connectivity index (χ4n) is 0.795. The summed E-state index contributed by atoms with van der Waals surface area (Å²) in [4.78, 5) is 0. The van der Waals surface area contributed by atoms with Crippen LogP contribution in [0.5, 0.6) is 0 Å². The molecule has 2 atom stereocenters. The Morgan fingerprint density at radius 1 is 1.75 bits per heavy atom. The minimum absolute atomic E-state index is 0.334. The number of nitriles is 1. The minimum Gasteiger partial charge on any atom is -0.319 e. The average Bonchev–Trinajstić information content (AvgIpc) is 2.49. The summed E-state index contributed by atoms with van der Waals surface area (Å²) in [7, 11) is 1.15. The number of hydrogen-bond donors (Lipinski definition) is 0. The van der Waals surface area contributed by atoms with E-state index in [1.54, 1.807) is 0 Å². The summed E-state index contributed by atoms with van der Waals surface area (Å²) in [6, 6.07) is 1.51. The summed E-state index contributed by atoms with van der Waals surface area (Å²) in [5, 5.41) is 8.45. The molecule has 0 aromatic carbocycles. The van der Waals surface area contributed by atoms with Crippen LogP contribution in [0.15, 0.2) is 0 Å². The number of nitrogens with zero attached hydrogens (tertiary/aromatic N) is 1. The molecule has 2 unspecified atom stereocenters. The smallest absolute Gasteiger partial charge is 0.319 e. The summed E-state index contributed by atoms with van der Waals surface area (Å²) in [5.41, 5.74) is 0. The predicted molar refractivity (Wildman–Crippen MR) is 32.2 cm³/mol. The Morgan fingerprint density at radius 3 is 2.67 bits per heavy atom. The molecule has 12 heavy (non-hydrogen) atoms. The van der Waals surface area contributed by atoms with Gasteiger partial charge in [-0.2, -0.15) is 5.26 Å². The number of rotatable bonds is 2. The predicted octanol–water partition coefficient (Wildman–Crippen LogP) is 0.491. The maximum absolute atomic E-state index is 12.0. The zero-order chi connectivity index (χ0) is 9.19. The van der Waals surface area contributed by atoms with Crippen LogP contribution < -0.4 is 0 Å². The van der Waals surface area contributed by atoms with Crippen molar-refractivity contribution < 1.29 is 23.0 Å². The Kier molecular flexibility index (Phi) is 2.57. The molecule has 1 fully saturated rings. The highest BCUT2D eigenvalue weighted by Gasteiger charge is 2.46. The molecule has 0 bridgehead atoms. The fourth-order valence-corrected chi connectivity index (χ4v) is 0.795. The van der Waals surface area contributed by atoms with Crippen LogP contribution in [-0.4, -0.2) is 32.2 Å². The lowest BCUT2D eigenvalue weighted by Gasteiger charge is -2.16. The van der Waals surface area contributed by atoms with Gasteiger partial charge in [-0.1, -0.05) is 0 Å². The van der Waals surface area contributed by atoms with E-state index < -0.39 is 18.5 Å². The molecule has 0 N–H and O–H groups in total. The molecule has 0 aliphatic carbocycles. The second-order valence-corrected chi connectivity index (χ2v) is 2.17. The molecule has 0 spiro atoms. The van der Waals surface area contributed by atoms with Gasteiger partial charge in [0.1, 0.15) is 6.10 Å². The first-order chi connectivity index (χ1) is 5.63. The zero-order valence-corrected chi connectivity index (χ0v) is 6.29. The van der Waals surface area contributed by atoms with Crippen molar-refractivity contribution in [1.29, 1.82) is 5.26 Å². The molecule has 1 heterocycles. The van der Waals surface area contributed by atoms with Crippen LogP contribution in [0.1, 0.15) is 0 Å². The molecule has 0 aromatic rings. The van der Waals surface area contributed by atoms with Crippen molar-refractivity contribution in [2.75, 3.05) is 13.7 Å². The summed E-state index contributed by atoms with van der Waals surface area (Å²) < 4.78 is 37.6. The molecule has 0 amide bonds. The normalized spacial score (nSPS) is 35.4. The number of methoxy groups -OCH3 is 1. The van der Waals surface area contributed by atoms with Gasteiger partial charge in [0.15, 0.2) is 6.07 Å². The van der Waals surface area contributed by atoms with Crippen molar-refractivity contribution in [1.82, 2.24) is 0 Å². The van der Waals surface area contributed by atoms with E-state index in [4.69, 9.17) is 5.26 Å². The van der Waals surface area contributed by atoms with Gasteiger partial charge in [-0.25, -0.2) is 8.78 Å². The highest BCUT2D eigenvalue weighted by atomic mass is 19.3. The Hall–Kier alpha value is -0.770. The highest BCUT2D eigenvalue weighted by Crippen LogP contribution is 2.26. The quantitative estimate of drug-likeness (QED) is 0.619. The largest absolute Gasteiger partial charge is 0.379 e. The van der Waals surface area contributed by atoms with Gasteiger partial charge < -0.3 is 14.2 Å². The van der Waals surface area contributed by atoms with Crippen LogP contribution in [0, 0.1) is 11.3 Å². The highest BCUT2D eigenvalue weighted by molar-refractivity contribution is 4.91. The topological polar surface area (TPSA) is 51.5 Å². The Labute approximate surface area is 67.6 Å². The summed E-state index contributed by atoms with van der Waals surface area (Å²) in [6.45, 7) is -0.334. The van der Waals surface area contributed by atoms with Gasteiger partial charge in [0.25, 0.3) is 6.43 Å². The van der Waals surface area contributed by atoms with Crippen LogP contribution in [0.4, 0.5) is 8.78 Å². The third kappa shape index (κ3) is 1.53. The van der Waals surface area contributed by atoms with Crippen LogP contribution in [0.2, 0.25) is 0 Å². The van der Waals surface area contributed by atoms with Gasteiger partial charge in [0.05, 0.1) is 6.61 Å². The van der Waals surface area contributed by atoms with Crippen molar-refractivity contribution >= 4 is 0 Å². The van der Waals surface area contributed by atoms with E-state index in [2.05, 4.69) is 14.2 Å². The molecule has 1 aliphatic heterocycles. The van der Waals surface area contributed by atoms with Gasteiger partial charge in [0, 0.05) is 7.11 Å². The van der Waals surface area contributed by atoms with Gasteiger partial charge in [-0.15, -0.1) is 0 Å². The van der Waals surface area contributed by atoms with Crippen LogP contribution in [-0.2, 0) is 14.2 Å². The number of alkyl halides is 2. The zero-order valence-electron chi connectivity index (χ0n) is 6.29. The van der Waals surface area contributed by atoms with E-state index in [1.165, 1.54) is 6.07 Å². The lowest BCUT2D eigenvalue weighted by Crippen LogP contribution is -2.32. The number of ether oxygens (including phenoxy) is 3. The molecule has 1 aliphatic rings. The second kappa shape index (κ2) is 3.31. The lowest BCUT2D eigenvalue weighted by molar-refractivity contribution is -0.290. The molecular formula is C6H7F2NO3. The molecule has 0 saturated carbocycles. The number of hydrogen-bond acceptors (Lipinski definition) is 4. The van der Waals surface area contributed by atoms with Crippen molar-refractivity contribution in [3.8, 4) is 6.07 Å². The van der Waals surface area contributed by atoms with Crippen LogP contribution in [0.25, 0.3) is 0 Å². The molecule has 0 radical (unpaired) electrons. The first-order valence-corrected chi connectivity index (χ1v) is 3.20. The molecular weight excluding hydrogens is 172 g/mol. The van der Waals surface area contributed by atoms with Crippen molar-refractivity contribution in [2.45, 2.75) is 18.5 Å². The third-order valence-corrected chi connectivity index (χ3v) is 1.43. The van der Waals surface area contributed by atoms with E-state index in [0.717, 1.165) is 7.11 Å². The minimum atomic E-state index is -2.67. The van der Waals surface area contributed by atoms with Crippen molar-refractivity contribution in [3.63, 3.8) is 0 Å². The molecule has 1 saturated heterocycles. The number of halogens is 2. The standard InChI is InChI=1S/C6H7F2NO3/c1-10-6(3-9)11-2-4(12-6)5(7)8/h4-5H,2H2,1H3. The summed E-state index contributed by atoms with van der Waals surface area (Å²) in [5.74, 6) is -1.94. The van der Waals surface area contributed by atoms with E-state index in [1.807, 2.05) is 0 Å². The Morgan fingerprint density at radius 2 is 2.42 bits per heavy atom. The molecule has 6 heteroatoms. The Bertz CT molecular complexity index is 205. The van der Waals surface area contributed by atoms with E-state index >= 15 is 0 Å². The SMILES string of the molecule is COC1(C#N)OCC(C(F)F)O1. The second-order valence-electron chi connectivity index (χ2n) is 2.17. The maximum Gasteiger partial charge on any atom is 0.379 e. The van der Waals surface area contributed by atoms with Gasteiger partial charge in [-0.3, -0.25) is 0 Å². The first-order valence-electron chi connectivity index (χ1n) is 3.20. The molecule has 68 valence electrons. The average molecular weight is 179 g/mol. The van der Waals surface area contributed by atoms with Crippen LogP contribution in [0.3, 0.4) is 0 Å². The maximum atomic E-state index is 12.0. The summed E-state index contributed by atoms with van der Waals surface area (Å²) >= 11 is 0. The van der Waals surface area contributed by atoms with Crippen LogP contribution >= 0.6 is 0 Å². The Balaban J connectivity index is 2.60. The first kappa shape index (κ1) is 9.32. The monoisotopic (exact) mass is 179 g/mol. The lowest BCUT2D eigenvalue weighted by atomic mass is 10.4.